The summed E-state index contributed by atoms with van der Waals surface area (Å²) in [5.41, 5.74) is -2.12. The summed E-state index contributed by atoms with van der Waals surface area (Å²) in [5.74, 6) is -11.7. The second-order valence-electron chi connectivity index (χ2n) is 5.67. The second-order valence-corrected chi connectivity index (χ2v) is 5.67. The van der Waals surface area contributed by atoms with Crippen LogP contribution in [0.15, 0.2) is 24.3 Å². The number of hydrogen-bond donors (Lipinski definition) is 1. The van der Waals surface area contributed by atoms with Gasteiger partial charge in [0.25, 0.3) is 0 Å². The molecule has 0 amide bonds. The smallest absolute Gasteiger partial charge is 0.385 e. The number of nitrogens with zero attached hydrogens (tertiary/aromatic N) is 1. The first kappa shape index (κ1) is 19.5. The molecule has 132 valence electrons. The molecular weight excluding hydrogens is 331 g/mol. The molecule has 0 aliphatic heterocycles. The molecule has 0 fully saturated rings. The van der Waals surface area contributed by atoms with Crippen LogP contribution in [-0.4, -0.2) is 37.2 Å². The molecule has 1 unspecified atom stereocenters. The fourth-order valence-corrected chi connectivity index (χ4v) is 1.97. The van der Waals surface area contributed by atoms with Gasteiger partial charge >= 0.3 is 18.0 Å². The Morgan fingerprint density at radius 2 is 1.35 bits per heavy atom. The Bertz CT molecular complexity index is 535. The number of aliphatic hydroxyl groups is 1. The zero-order valence-electron chi connectivity index (χ0n) is 12.6. The van der Waals surface area contributed by atoms with Crippen LogP contribution in [0.25, 0.3) is 0 Å². The largest absolute Gasteiger partial charge is 0.459 e. The molecule has 0 radical (unpaired) electrons. The molecule has 0 bridgehead atoms. The third kappa shape index (κ3) is 3.88. The third-order valence-electron chi connectivity index (χ3n) is 3.39. The van der Waals surface area contributed by atoms with Crippen LogP contribution in [0.5, 0.6) is 0 Å². The Morgan fingerprint density at radius 1 is 0.913 bits per heavy atom. The van der Waals surface area contributed by atoms with E-state index in [1.807, 2.05) is 0 Å². The van der Waals surface area contributed by atoms with Gasteiger partial charge in [-0.3, -0.25) is 0 Å². The van der Waals surface area contributed by atoms with Gasteiger partial charge in [0.1, 0.15) is 0 Å². The van der Waals surface area contributed by atoms with Crippen molar-refractivity contribution in [2.24, 2.45) is 0 Å². The van der Waals surface area contributed by atoms with Gasteiger partial charge in [-0.2, -0.15) is 30.7 Å². The number of halogens is 7. The Kier molecular flexibility index (Phi) is 4.97. The van der Waals surface area contributed by atoms with Crippen molar-refractivity contribution in [2.75, 3.05) is 19.0 Å². The van der Waals surface area contributed by atoms with Gasteiger partial charge in [-0.1, -0.05) is 12.1 Å². The highest BCUT2D eigenvalue weighted by molar-refractivity contribution is 5.46. The van der Waals surface area contributed by atoms with E-state index in [0.29, 0.717) is 5.69 Å². The van der Waals surface area contributed by atoms with Gasteiger partial charge in [0.05, 0.1) is 12.0 Å². The highest BCUT2D eigenvalue weighted by Gasteiger charge is 2.73. The predicted octanol–water partition coefficient (Wildman–Crippen LogP) is 4.18. The Morgan fingerprint density at radius 3 is 1.70 bits per heavy atom. The first-order valence-electron chi connectivity index (χ1n) is 6.44. The molecule has 1 N–H and O–H groups in total. The minimum absolute atomic E-state index is 0.194. The molecule has 0 saturated heterocycles. The Labute approximate surface area is 128 Å². The maximum Gasteiger partial charge on any atom is 0.459 e. The summed E-state index contributed by atoms with van der Waals surface area (Å²) >= 11 is 0. The molecule has 0 aliphatic carbocycles. The SMILES string of the molecule is CN(C)c1ccc(C(C)(O)CC(F)(F)C(F)(F)C(F)(F)F)cc1. The number of rotatable bonds is 5. The van der Waals surface area contributed by atoms with Crippen molar-refractivity contribution in [1.82, 2.24) is 0 Å². The summed E-state index contributed by atoms with van der Waals surface area (Å²) in [6.07, 6.45) is -8.49. The van der Waals surface area contributed by atoms with Crippen molar-refractivity contribution in [3.8, 4) is 0 Å². The van der Waals surface area contributed by atoms with Crippen LogP contribution >= 0.6 is 0 Å². The van der Waals surface area contributed by atoms with Crippen molar-refractivity contribution in [3.05, 3.63) is 29.8 Å². The van der Waals surface area contributed by atoms with Gasteiger partial charge in [-0.05, 0) is 24.6 Å². The predicted molar refractivity (Wildman–Crippen MR) is 70.9 cm³/mol. The lowest BCUT2D eigenvalue weighted by Crippen LogP contribution is -2.54. The minimum Gasteiger partial charge on any atom is -0.385 e. The van der Waals surface area contributed by atoms with Crippen LogP contribution in [0.3, 0.4) is 0 Å². The van der Waals surface area contributed by atoms with E-state index < -0.39 is 30.0 Å². The maximum atomic E-state index is 13.4. The number of hydrogen-bond acceptors (Lipinski definition) is 2. The molecule has 0 aliphatic rings. The molecule has 0 heterocycles. The fraction of sp³-hybridized carbons (Fsp3) is 0.571. The summed E-state index contributed by atoms with van der Waals surface area (Å²) in [4.78, 5) is 1.66. The molecule has 1 aromatic rings. The lowest BCUT2D eigenvalue weighted by atomic mass is 9.87. The summed E-state index contributed by atoms with van der Waals surface area (Å²) in [6, 6.07) is 5.22. The quantitative estimate of drug-likeness (QED) is 0.808. The molecule has 23 heavy (non-hydrogen) atoms. The zero-order valence-corrected chi connectivity index (χ0v) is 12.6. The molecular formula is C14H16F7NO. The summed E-state index contributed by atoms with van der Waals surface area (Å²) in [5, 5.41) is 9.99. The lowest BCUT2D eigenvalue weighted by molar-refractivity contribution is -0.361. The van der Waals surface area contributed by atoms with E-state index in [-0.39, 0.29) is 5.56 Å². The zero-order chi connectivity index (χ0) is 18.3. The van der Waals surface area contributed by atoms with Gasteiger partial charge < -0.3 is 10.0 Å². The van der Waals surface area contributed by atoms with Gasteiger partial charge in [0.15, 0.2) is 0 Å². The highest BCUT2D eigenvalue weighted by Crippen LogP contribution is 2.50. The van der Waals surface area contributed by atoms with Gasteiger partial charge in [0, 0.05) is 19.8 Å². The minimum atomic E-state index is -6.42. The Hall–Kier alpha value is -1.51. The van der Waals surface area contributed by atoms with Gasteiger partial charge in [0.2, 0.25) is 0 Å². The number of alkyl halides is 7. The van der Waals surface area contributed by atoms with Crippen LogP contribution in [0, 0.1) is 0 Å². The van der Waals surface area contributed by atoms with E-state index in [2.05, 4.69) is 0 Å². The van der Waals surface area contributed by atoms with E-state index >= 15 is 0 Å². The molecule has 0 spiro atoms. The standard InChI is InChI=1S/C14H16F7NO/c1-11(23,9-4-6-10(7-5-9)22(2)3)8-12(15,16)13(17,18)14(19,20)21/h4-7,23H,8H2,1-3H3. The molecule has 0 aromatic heterocycles. The highest BCUT2D eigenvalue weighted by atomic mass is 19.4. The summed E-state index contributed by atoms with van der Waals surface area (Å²) < 4.78 is 89.2. The topological polar surface area (TPSA) is 23.5 Å². The molecule has 1 aromatic carbocycles. The lowest BCUT2D eigenvalue weighted by Gasteiger charge is -2.34. The van der Waals surface area contributed by atoms with Crippen LogP contribution in [-0.2, 0) is 5.60 Å². The van der Waals surface area contributed by atoms with E-state index in [1.165, 1.54) is 24.3 Å². The molecule has 2 nitrogen and oxygen atoms in total. The average Bonchev–Trinajstić information content (AvgIpc) is 2.36. The van der Waals surface area contributed by atoms with Crippen molar-refractivity contribution in [1.29, 1.82) is 0 Å². The first-order valence-corrected chi connectivity index (χ1v) is 6.44. The van der Waals surface area contributed by atoms with Crippen LogP contribution in [0.1, 0.15) is 18.9 Å². The van der Waals surface area contributed by atoms with Gasteiger partial charge in [-0.25, -0.2) is 0 Å². The molecule has 9 heteroatoms. The number of anilines is 1. The maximum absolute atomic E-state index is 13.4. The normalized spacial score (nSPS) is 16.1. The van der Waals surface area contributed by atoms with E-state index in [1.54, 1.807) is 19.0 Å². The van der Waals surface area contributed by atoms with Crippen LogP contribution < -0.4 is 4.90 Å². The second kappa shape index (κ2) is 5.85. The van der Waals surface area contributed by atoms with Crippen molar-refractivity contribution in [2.45, 2.75) is 37.0 Å². The van der Waals surface area contributed by atoms with Crippen LogP contribution in [0.4, 0.5) is 36.4 Å². The number of benzene rings is 1. The molecule has 1 atom stereocenters. The average molecular weight is 347 g/mol. The van der Waals surface area contributed by atoms with Crippen molar-refractivity contribution < 1.29 is 35.8 Å². The molecule has 0 saturated carbocycles. The van der Waals surface area contributed by atoms with Crippen LogP contribution in [0.2, 0.25) is 0 Å². The molecule has 1 rings (SSSR count). The van der Waals surface area contributed by atoms with E-state index in [4.69, 9.17) is 0 Å². The van der Waals surface area contributed by atoms with Crippen molar-refractivity contribution >= 4 is 5.69 Å². The monoisotopic (exact) mass is 347 g/mol. The van der Waals surface area contributed by atoms with Crippen molar-refractivity contribution in [3.63, 3.8) is 0 Å². The summed E-state index contributed by atoms with van der Waals surface area (Å²) in [7, 11) is 3.37. The van der Waals surface area contributed by atoms with E-state index in [9.17, 15) is 35.8 Å². The first-order chi connectivity index (χ1) is 10.1. The van der Waals surface area contributed by atoms with E-state index in [0.717, 1.165) is 6.92 Å². The summed E-state index contributed by atoms with van der Waals surface area (Å²) in [6.45, 7) is 0.762. The fourth-order valence-electron chi connectivity index (χ4n) is 1.97. The van der Waals surface area contributed by atoms with Gasteiger partial charge in [-0.15, -0.1) is 0 Å². The Balaban J connectivity index is 3.09. The third-order valence-corrected chi connectivity index (χ3v) is 3.39.